The highest BCUT2D eigenvalue weighted by molar-refractivity contribution is 6.31. The Morgan fingerprint density at radius 1 is 1.05 bits per heavy atom. The summed E-state index contributed by atoms with van der Waals surface area (Å²) in [7, 11) is 0. The number of benzene rings is 2. The molecule has 0 N–H and O–H groups in total. The predicted molar refractivity (Wildman–Crippen MR) is 80.0 cm³/mol. The lowest BCUT2D eigenvalue weighted by atomic mass is 10.00. The van der Waals surface area contributed by atoms with Gasteiger partial charge >= 0.3 is 0 Å². The minimum absolute atomic E-state index is 0.0921. The van der Waals surface area contributed by atoms with E-state index in [1.807, 2.05) is 13.8 Å². The first-order valence-electron chi connectivity index (χ1n) is 6.50. The van der Waals surface area contributed by atoms with Crippen LogP contribution in [0.5, 0.6) is 0 Å². The van der Waals surface area contributed by atoms with Gasteiger partial charge in [0.25, 0.3) is 0 Å². The monoisotopic (exact) mass is 290 g/mol. The van der Waals surface area contributed by atoms with Gasteiger partial charge in [0, 0.05) is 17.0 Å². The highest BCUT2D eigenvalue weighted by atomic mass is 35.5. The summed E-state index contributed by atoms with van der Waals surface area (Å²) in [5.41, 5.74) is 3.82. The normalized spacial score (nSPS) is 10.6. The molecule has 0 amide bonds. The van der Waals surface area contributed by atoms with Crippen LogP contribution in [0.2, 0.25) is 5.02 Å². The molecule has 2 aromatic rings. The SMILES string of the molecule is Cc1cc(C)cc(CCC(=O)c2cc(F)cc(Cl)c2)c1. The Morgan fingerprint density at radius 3 is 2.30 bits per heavy atom. The van der Waals surface area contributed by atoms with Gasteiger partial charge < -0.3 is 0 Å². The Kier molecular flexibility index (Phi) is 4.56. The molecule has 0 radical (unpaired) electrons. The van der Waals surface area contributed by atoms with Crippen molar-refractivity contribution < 1.29 is 9.18 Å². The van der Waals surface area contributed by atoms with Gasteiger partial charge in [-0.2, -0.15) is 0 Å². The molecule has 0 spiro atoms. The molecule has 2 rings (SSSR count). The zero-order chi connectivity index (χ0) is 14.7. The van der Waals surface area contributed by atoms with E-state index in [2.05, 4.69) is 18.2 Å². The summed E-state index contributed by atoms with van der Waals surface area (Å²) in [5.74, 6) is -0.571. The number of carbonyl (C=O) groups is 1. The van der Waals surface area contributed by atoms with Gasteiger partial charge in [0.15, 0.2) is 5.78 Å². The molecular formula is C17H16ClFO. The van der Waals surface area contributed by atoms with Crippen LogP contribution in [0, 0.1) is 19.7 Å². The van der Waals surface area contributed by atoms with Crippen LogP contribution in [0.1, 0.15) is 33.5 Å². The molecule has 0 aromatic heterocycles. The van der Waals surface area contributed by atoms with E-state index in [4.69, 9.17) is 11.6 Å². The van der Waals surface area contributed by atoms with Crippen LogP contribution in [0.25, 0.3) is 0 Å². The summed E-state index contributed by atoms with van der Waals surface area (Å²) in [6.07, 6.45) is 0.998. The number of halogens is 2. The number of hydrogen-bond donors (Lipinski definition) is 0. The van der Waals surface area contributed by atoms with Crippen molar-refractivity contribution in [1.29, 1.82) is 0 Å². The maximum absolute atomic E-state index is 13.2. The molecule has 0 fully saturated rings. The molecule has 0 aliphatic heterocycles. The van der Waals surface area contributed by atoms with Gasteiger partial charge in [-0.1, -0.05) is 40.9 Å². The number of hydrogen-bond acceptors (Lipinski definition) is 1. The first kappa shape index (κ1) is 14.7. The third-order valence-corrected chi connectivity index (χ3v) is 3.32. The maximum atomic E-state index is 13.2. The molecule has 20 heavy (non-hydrogen) atoms. The van der Waals surface area contributed by atoms with Crippen LogP contribution in [0.15, 0.2) is 36.4 Å². The lowest BCUT2D eigenvalue weighted by Crippen LogP contribution is -2.02. The minimum atomic E-state index is -0.479. The maximum Gasteiger partial charge on any atom is 0.163 e. The van der Waals surface area contributed by atoms with Crippen LogP contribution < -0.4 is 0 Å². The van der Waals surface area contributed by atoms with Crippen LogP contribution in [0.3, 0.4) is 0 Å². The first-order chi connectivity index (χ1) is 9.44. The molecule has 104 valence electrons. The average Bonchev–Trinajstić information content (AvgIpc) is 2.33. The number of carbonyl (C=O) groups excluding carboxylic acids is 1. The molecule has 0 aliphatic rings. The second-order valence-corrected chi connectivity index (χ2v) is 5.51. The first-order valence-corrected chi connectivity index (χ1v) is 6.88. The van der Waals surface area contributed by atoms with Gasteiger partial charge in [-0.15, -0.1) is 0 Å². The smallest absolute Gasteiger partial charge is 0.163 e. The lowest BCUT2D eigenvalue weighted by Gasteiger charge is -2.05. The van der Waals surface area contributed by atoms with E-state index in [-0.39, 0.29) is 10.8 Å². The van der Waals surface area contributed by atoms with Crippen molar-refractivity contribution in [3.8, 4) is 0 Å². The van der Waals surface area contributed by atoms with E-state index in [1.165, 1.54) is 29.3 Å². The van der Waals surface area contributed by atoms with E-state index in [0.29, 0.717) is 18.4 Å². The fourth-order valence-corrected chi connectivity index (χ4v) is 2.55. The second-order valence-electron chi connectivity index (χ2n) is 5.08. The van der Waals surface area contributed by atoms with Crippen molar-refractivity contribution in [2.24, 2.45) is 0 Å². The molecule has 2 aromatic carbocycles. The topological polar surface area (TPSA) is 17.1 Å². The van der Waals surface area contributed by atoms with Crippen LogP contribution in [-0.4, -0.2) is 5.78 Å². The highest BCUT2D eigenvalue weighted by Gasteiger charge is 2.09. The fraction of sp³-hybridized carbons (Fsp3) is 0.235. The molecule has 0 heterocycles. The summed E-state index contributed by atoms with van der Waals surface area (Å²) in [6, 6.07) is 10.2. The molecule has 0 bridgehead atoms. The quantitative estimate of drug-likeness (QED) is 0.731. The third kappa shape index (κ3) is 3.91. The van der Waals surface area contributed by atoms with Crippen molar-refractivity contribution in [2.45, 2.75) is 26.7 Å². The molecule has 0 atom stereocenters. The largest absolute Gasteiger partial charge is 0.294 e. The van der Waals surface area contributed by atoms with E-state index >= 15 is 0 Å². The molecule has 1 nitrogen and oxygen atoms in total. The number of Topliss-reactive ketones (excluding diaryl/α,β-unsaturated/α-hetero) is 1. The van der Waals surface area contributed by atoms with Gasteiger partial charge in [0.2, 0.25) is 0 Å². The van der Waals surface area contributed by atoms with Crippen molar-refractivity contribution >= 4 is 17.4 Å². The zero-order valence-corrected chi connectivity index (χ0v) is 12.3. The summed E-state index contributed by atoms with van der Waals surface area (Å²) in [6.45, 7) is 4.06. The van der Waals surface area contributed by atoms with Gasteiger partial charge in [0.1, 0.15) is 5.82 Å². The van der Waals surface area contributed by atoms with Crippen LogP contribution in [-0.2, 0) is 6.42 Å². The fourth-order valence-electron chi connectivity index (χ4n) is 2.33. The van der Waals surface area contributed by atoms with E-state index in [9.17, 15) is 9.18 Å². The molecule has 0 unspecified atom stereocenters. The standard InChI is InChI=1S/C17H16ClFO/c1-11-5-12(2)7-13(6-11)3-4-17(20)14-8-15(18)10-16(19)9-14/h5-10H,3-4H2,1-2H3. The highest BCUT2D eigenvalue weighted by Crippen LogP contribution is 2.17. The van der Waals surface area contributed by atoms with Crippen LogP contribution in [0.4, 0.5) is 4.39 Å². The van der Waals surface area contributed by atoms with Crippen molar-refractivity contribution in [3.05, 3.63) is 69.5 Å². The van der Waals surface area contributed by atoms with Gasteiger partial charge in [-0.05, 0) is 44.0 Å². The molecule has 3 heteroatoms. The number of aryl methyl sites for hydroxylation is 3. The van der Waals surface area contributed by atoms with E-state index in [1.54, 1.807) is 0 Å². The van der Waals surface area contributed by atoms with E-state index in [0.717, 1.165) is 5.56 Å². The summed E-state index contributed by atoms with van der Waals surface area (Å²) < 4.78 is 13.2. The van der Waals surface area contributed by atoms with Gasteiger partial charge in [-0.25, -0.2) is 4.39 Å². The Balaban J connectivity index is 2.08. The Bertz CT molecular complexity index is 609. The minimum Gasteiger partial charge on any atom is -0.294 e. The Morgan fingerprint density at radius 2 is 1.70 bits per heavy atom. The number of rotatable bonds is 4. The molecule has 0 saturated heterocycles. The molecule has 0 aliphatic carbocycles. The Labute approximate surface area is 123 Å². The summed E-state index contributed by atoms with van der Waals surface area (Å²) in [4.78, 5) is 12.1. The van der Waals surface area contributed by atoms with Crippen molar-refractivity contribution in [1.82, 2.24) is 0 Å². The van der Waals surface area contributed by atoms with Crippen LogP contribution >= 0.6 is 11.6 Å². The summed E-state index contributed by atoms with van der Waals surface area (Å²) in [5, 5.41) is 0.250. The van der Waals surface area contributed by atoms with Gasteiger partial charge in [-0.3, -0.25) is 4.79 Å². The molecular weight excluding hydrogens is 275 g/mol. The summed E-state index contributed by atoms with van der Waals surface area (Å²) >= 11 is 5.76. The Hall–Kier alpha value is -1.67. The lowest BCUT2D eigenvalue weighted by molar-refractivity contribution is 0.0982. The number of ketones is 1. The average molecular weight is 291 g/mol. The van der Waals surface area contributed by atoms with Gasteiger partial charge in [0.05, 0.1) is 0 Å². The third-order valence-electron chi connectivity index (χ3n) is 3.11. The molecule has 0 saturated carbocycles. The zero-order valence-electron chi connectivity index (χ0n) is 11.5. The van der Waals surface area contributed by atoms with E-state index < -0.39 is 5.82 Å². The predicted octanol–water partition coefficient (Wildman–Crippen LogP) is 4.91. The van der Waals surface area contributed by atoms with Crippen molar-refractivity contribution in [2.75, 3.05) is 0 Å². The van der Waals surface area contributed by atoms with Crippen molar-refractivity contribution in [3.63, 3.8) is 0 Å². The second kappa shape index (κ2) is 6.19.